The number of hydrogen-bond acceptors (Lipinski definition) is 15. The van der Waals surface area contributed by atoms with Crippen LogP contribution in [0.2, 0.25) is 0 Å². The van der Waals surface area contributed by atoms with Crippen LogP contribution in [0.4, 0.5) is 0 Å². The Bertz CT molecular complexity index is 1580. The molecule has 2 unspecified atom stereocenters. The third-order valence-electron chi connectivity index (χ3n) is 14.3. The van der Waals surface area contributed by atoms with Crippen LogP contribution in [0.1, 0.15) is 311 Å². The summed E-state index contributed by atoms with van der Waals surface area (Å²) in [5.41, 5.74) is 0. The van der Waals surface area contributed by atoms with Gasteiger partial charge in [0.1, 0.15) is 19.3 Å². The van der Waals surface area contributed by atoms with Crippen LogP contribution in [-0.4, -0.2) is 96.7 Å². The molecular weight excluding hydrogens is 1080 g/mol. The number of unbranched alkanes of at least 4 members (excludes halogenated alkanes) is 34. The van der Waals surface area contributed by atoms with E-state index in [1.165, 1.54) is 116 Å². The number of hydrogen-bond donors (Lipinski definition) is 3. The number of ether oxygens (including phenoxy) is 4. The van der Waals surface area contributed by atoms with Crippen LogP contribution < -0.4 is 0 Å². The molecule has 0 fully saturated rings. The van der Waals surface area contributed by atoms with Crippen LogP contribution in [0.15, 0.2) is 0 Å². The largest absolute Gasteiger partial charge is 0.472 e. The highest BCUT2D eigenvalue weighted by Crippen LogP contribution is 2.45. The highest BCUT2D eigenvalue weighted by atomic mass is 31.2. The molecule has 0 aromatic heterocycles. The summed E-state index contributed by atoms with van der Waals surface area (Å²) >= 11 is 0. The Morgan fingerprint density at radius 3 is 0.840 bits per heavy atom. The van der Waals surface area contributed by atoms with E-state index in [1.54, 1.807) is 0 Å². The normalized spacial score (nSPS) is 14.3. The van der Waals surface area contributed by atoms with E-state index in [2.05, 4.69) is 34.6 Å². The van der Waals surface area contributed by atoms with Crippen LogP contribution in [0.25, 0.3) is 0 Å². The Hall–Kier alpha value is -1.94. The van der Waals surface area contributed by atoms with Crippen LogP contribution in [0.5, 0.6) is 0 Å². The van der Waals surface area contributed by atoms with Gasteiger partial charge >= 0.3 is 39.5 Å². The second-order valence-corrected chi connectivity index (χ2v) is 25.8. The van der Waals surface area contributed by atoms with Crippen molar-refractivity contribution in [1.29, 1.82) is 0 Å². The first-order valence-electron chi connectivity index (χ1n) is 32.6. The third-order valence-corrected chi connectivity index (χ3v) is 16.2. The number of phosphoric ester groups is 2. The maximum absolute atomic E-state index is 13.0. The first-order chi connectivity index (χ1) is 39.0. The number of aliphatic hydroxyl groups is 1. The Morgan fingerprint density at radius 2 is 0.568 bits per heavy atom. The fraction of sp³-hybridized carbons (Fsp3) is 0.935. The molecule has 3 N–H and O–H groups in total. The smallest absolute Gasteiger partial charge is 0.462 e. The fourth-order valence-electron chi connectivity index (χ4n) is 9.23. The molecule has 0 aromatic rings. The van der Waals surface area contributed by atoms with Crippen molar-refractivity contribution in [1.82, 2.24) is 0 Å². The van der Waals surface area contributed by atoms with Crippen molar-refractivity contribution in [2.45, 2.75) is 329 Å². The summed E-state index contributed by atoms with van der Waals surface area (Å²) in [5.74, 6) is -1.39. The Kier molecular flexibility index (Phi) is 54.6. The highest BCUT2D eigenvalue weighted by Gasteiger charge is 2.30. The zero-order valence-electron chi connectivity index (χ0n) is 51.9. The molecule has 0 aliphatic rings. The van der Waals surface area contributed by atoms with Gasteiger partial charge < -0.3 is 33.8 Å². The first kappa shape index (κ1) is 79.1. The average Bonchev–Trinajstić information content (AvgIpc) is 3.43. The molecule has 0 saturated carbocycles. The Labute approximate surface area is 492 Å². The van der Waals surface area contributed by atoms with E-state index >= 15 is 0 Å². The number of rotatable bonds is 62. The molecule has 17 nitrogen and oxygen atoms in total. The summed E-state index contributed by atoms with van der Waals surface area (Å²) in [7, 11) is -9.87. The molecule has 0 heterocycles. The fourth-order valence-corrected chi connectivity index (χ4v) is 10.8. The number of esters is 4. The SMILES string of the molecule is CCCCCCCCCCCCCCCCCCC(=O)O[C@H](COC(=O)CCCCCCCCCCCCC(C)C)COP(=O)(O)OC[C@@H](O)COP(=O)(O)OC[C@@H](COC(=O)CCCCCCC)OC(=O)CCCCCCCCC. The summed E-state index contributed by atoms with van der Waals surface area (Å²) < 4.78 is 67.6. The molecular formula is C62H120O17P2. The lowest BCUT2D eigenvalue weighted by atomic mass is 10.0. The highest BCUT2D eigenvalue weighted by molar-refractivity contribution is 7.47. The molecule has 0 saturated heterocycles. The summed E-state index contributed by atoms with van der Waals surface area (Å²) in [5, 5.41) is 10.5. The van der Waals surface area contributed by atoms with E-state index in [0.717, 1.165) is 115 Å². The monoisotopic (exact) mass is 1200 g/mol. The number of aliphatic hydroxyl groups excluding tert-OH is 1. The first-order valence-corrected chi connectivity index (χ1v) is 35.6. The summed E-state index contributed by atoms with van der Waals surface area (Å²) in [6.45, 7) is 7.05. The van der Waals surface area contributed by atoms with Crippen molar-refractivity contribution in [3.63, 3.8) is 0 Å². The van der Waals surface area contributed by atoms with Crippen LogP contribution >= 0.6 is 15.6 Å². The molecule has 0 aliphatic carbocycles. The van der Waals surface area contributed by atoms with E-state index in [-0.39, 0.29) is 25.7 Å². The topological polar surface area (TPSA) is 237 Å². The lowest BCUT2D eigenvalue weighted by molar-refractivity contribution is -0.161. The van der Waals surface area contributed by atoms with Gasteiger partial charge in [0.25, 0.3) is 0 Å². The van der Waals surface area contributed by atoms with Crippen molar-refractivity contribution >= 4 is 39.5 Å². The average molecular weight is 1200 g/mol. The lowest BCUT2D eigenvalue weighted by Crippen LogP contribution is -2.30. The third kappa shape index (κ3) is 56.9. The van der Waals surface area contributed by atoms with Crippen molar-refractivity contribution in [3.05, 3.63) is 0 Å². The summed E-state index contributed by atoms with van der Waals surface area (Å²) in [4.78, 5) is 71.8. The molecule has 19 heteroatoms. The van der Waals surface area contributed by atoms with Crippen LogP contribution in [0, 0.1) is 5.92 Å². The van der Waals surface area contributed by atoms with Crippen molar-refractivity contribution in [3.8, 4) is 0 Å². The predicted octanol–water partition coefficient (Wildman–Crippen LogP) is 17.0. The molecule has 480 valence electrons. The number of phosphoric acid groups is 2. The van der Waals surface area contributed by atoms with Crippen LogP contribution in [0.3, 0.4) is 0 Å². The summed E-state index contributed by atoms with van der Waals surface area (Å²) in [6.07, 6.45) is 39.5. The molecule has 0 aliphatic heterocycles. The Balaban J connectivity index is 5.14. The van der Waals surface area contributed by atoms with Gasteiger partial charge in [-0.2, -0.15) is 0 Å². The second-order valence-electron chi connectivity index (χ2n) is 22.9. The molecule has 81 heavy (non-hydrogen) atoms. The van der Waals surface area contributed by atoms with Crippen molar-refractivity contribution < 1.29 is 80.2 Å². The van der Waals surface area contributed by atoms with E-state index in [4.69, 9.17) is 37.0 Å². The van der Waals surface area contributed by atoms with Gasteiger partial charge in [0.05, 0.1) is 26.4 Å². The van der Waals surface area contributed by atoms with E-state index in [9.17, 15) is 43.2 Å². The molecule has 0 aromatic carbocycles. The molecule has 5 atom stereocenters. The van der Waals surface area contributed by atoms with Gasteiger partial charge in [-0.25, -0.2) is 9.13 Å². The maximum Gasteiger partial charge on any atom is 0.472 e. The standard InChI is InChI=1S/C62H120O17P2/c1-6-9-12-15-17-18-19-20-21-22-23-24-29-33-38-43-48-62(67)79-58(52-73-60(65)46-41-36-32-28-26-25-27-31-35-39-44-55(4)5)54-77-81(70,71)75-50-56(63)49-74-80(68,69)76-53-57(51-72-59(64)45-40-34-14-11-8-3)78-61(66)47-42-37-30-16-13-10-7-2/h55-58,63H,6-54H2,1-5H3,(H,68,69)(H,70,71)/t56-,57+,58+/m0/s1. The zero-order valence-corrected chi connectivity index (χ0v) is 53.7. The van der Waals surface area contributed by atoms with Gasteiger partial charge in [0.2, 0.25) is 0 Å². The van der Waals surface area contributed by atoms with Gasteiger partial charge in [-0.1, -0.05) is 259 Å². The van der Waals surface area contributed by atoms with Gasteiger partial charge in [-0.15, -0.1) is 0 Å². The summed E-state index contributed by atoms with van der Waals surface area (Å²) in [6, 6.07) is 0. The van der Waals surface area contributed by atoms with Gasteiger partial charge in [0.15, 0.2) is 12.2 Å². The van der Waals surface area contributed by atoms with Gasteiger partial charge in [-0.05, 0) is 31.6 Å². The quantitative estimate of drug-likeness (QED) is 0.0222. The predicted molar refractivity (Wildman–Crippen MR) is 322 cm³/mol. The van der Waals surface area contributed by atoms with Gasteiger partial charge in [0, 0.05) is 25.7 Å². The molecule has 0 bridgehead atoms. The van der Waals surface area contributed by atoms with Crippen molar-refractivity contribution in [2.24, 2.45) is 5.92 Å². The zero-order chi connectivity index (χ0) is 59.9. The maximum atomic E-state index is 13.0. The minimum absolute atomic E-state index is 0.103. The van der Waals surface area contributed by atoms with E-state index in [0.29, 0.717) is 25.7 Å². The minimum atomic E-state index is -4.94. The van der Waals surface area contributed by atoms with Gasteiger partial charge in [-0.3, -0.25) is 37.3 Å². The second kappa shape index (κ2) is 55.9. The minimum Gasteiger partial charge on any atom is -0.462 e. The Morgan fingerprint density at radius 1 is 0.333 bits per heavy atom. The van der Waals surface area contributed by atoms with Crippen LogP contribution in [-0.2, 0) is 65.4 Å². The van der Waals surface area contributed by atoms with E-state index in [1.807, 2.05) is 0 Å². The number of carbonyl (C=O) groups excluding carboxylic acids is 4. The molecule has 0 spiro atoms. The number of carbonyl (C=O) groups is 4. The van der Waals surface area contributed by atoms with Crippen molar-refractivity contribution in [2.75, 3.05) is 39.6 Å². The molecule has 0 rings (SSSR count). The lowest BCUT2D eigenvalue weighted by Gasteiger charge is -2.21. The molecule has 0 radical (unpaired) electrons. The van der Waals surface area contributed by atoms with E-state index < -0.39 is 97.5 Å². The molecule has 0 amide bonds.